The number of hydrogen-bond acceptors (Lipinski definition) is 3. The van der Waals surface area contributed by atoms with Crippen LogP contribution in [0, 0.1) is 6.92 Å². The summed E-state index contributed by atoms with van der Waals surface area (Å²) >= 11 is 3.35. The minimum Gasteiger partial charge on any atom is -0.506 e. The monoisotopic (exact) mass is 333 g/mol. The average molecular weight is 334 g/mol. The van der Waals surface area contributed by atoms with Gasteiger partial charge in [-0.15, -0.1) is 0 Å². The first kappa shape index (κ1) is 15.7. The highest BCUT2D eigenvalue weighted by Crippen LogP contribution is 2.30. The van der Waals surface area contributed by atoms with Crippen molar-refractivity contribution in [2.45, 2.75) is 26.4 Å². The Labute approximate surface area is 120 Å². The Hall–Kier alpha value is -0.390. The second kappa shape index (κ2) is 6.68. The van der Waals surface area contributed by atoms with Crippen molar-refractivity contribution in [1.29, 1.82) is 0 Å². The van der Waals surface area contributed by atoms with Gasteiger partial charge >= 0.3 is 0 Å². The summed E-state index contributed by atoms with van der Waals surface area (Å²) in [7, 11) is 1.18. The van der Waals surface area contributed by atoms with Gasteiger partial charge in [0.1, 0.15) is 5.75 Å². The molecule has 0 spiro atoms. The molecule has 0 aliphatic carbocycles. The maximum atomic E-state index is 11.2. The topological polar surface area (TPSA) is 40.5 Å². The van der Waals surface area contributed by atoms with E-state index in [1.165, 1.54) is 0 Å². The third-order valence-corrected chi connectivity index (χ3v) is 4.49. The number of hydrogen-bond donors (Lipinski definition) is 1. The van der Waals surface area contributed by atoms with Gasteiger partial charge in [0, 0.05) is 41.0 Å². The number of phenolic OH excluding ortho intramolecular Hbond substituents is 1. The van der Waals surface area contributed by atoms with Crippen molar-refractivity contribution in [1.82, 2.24) is 4.90 Å². The number of rotatable bonds is 5. The van der Waals surface area contributed by atoms with Crippen molar-refractivity contribution in [3.63, 3.8) is 0 Å². The number of aryl methyl sites for hydroxylation is 1. The third kappa shape index (κ3) is 4.37. The molecule has 0 unspecified atom stereocenters. The molecule has 0 saturated heterocycles. The summed E-state index contributed by atoms with van der Waals surface area (Å²) in [6.07, 6.45) is 1.71. The summed E-state index contributed by atoms with van der Waals surface area (Å²) in [6, 6.07) is 4.09. The maximum Gasteiger partial charge on any atom is 0.134 e. The quantitative estimate of drug-likeness (QED) is 0.900. The second-order valence-corrected chi connectivity index (χ2v) is 7.09. The fourth-order valence-corrected chi connectivity index (χ4v) is 3.37. The average Bonchev–Trinajstić information content (AvgIpc) is 2.24. The molecule has 102 valence electrons. The van der Waals surface area contributed by atoms with E-state index in [0.717, 1.165) is 15.6 Å². The predicted octanol–water partition coefficient (Wildman–Crippen LogP) is 2.66. The third-order valence-electron chi connectivity index (χ3n) is 2.93. The molecular formula is C13H20BrNO2S. The van der Waals surface area contributed by atoms with Crippen LogP contribution in [0.1, 0.15) is 18.1 Å². The Bertz CT molecular complexity index is 451. The normalized spacial score (nSPS) is 14.8. The summed E-state index contributed by atoms with van der Waals surface area (Å²) in [6.45, 7) is 4.69. The number of benzene rings is 1. The molecule has 1 aromatic rings. The molecular weight excluding hydrogens is 314 g/mol. The minimum atomic E-state index is -0.802. The van der Waals surface area contributed by atoms with E-state index in [2.05, 4.69) is 20.8 Å². The number of nitrogens with zero attached hydrogens (tertiary/aromatic N) is 1. The Morgan fingerprint density at radius 1 is 1.50 bits per heavy atom. The van der Waals surface area contributed by atoms with Gasteiger partial charge in [-0.3, -0.25) is 9.11 Å². The van der Waals surface area contributed by atoms with Crippen LogP contribution in [-0.4, -0.2) is 39.3 Å². The van der Waals surface area contributed by atoms with Crippen LogP contribution in [0.15, 0.2) is 16.6 Å². The van der Waals surface area contributed by atoms with Crippen LogP contribution < -0.4 is 0 Å². The van der Waals surface area contributed by atoms with Crippen LogP contribution in [0.5, 0.6) is 5.75 Å². The molecule has 0 saturated carbocycles. The molecule has 18 heavy (non-hydrogen) atoms. The smallest absolute Gasteiger partial charge is 0.134 e. The summed E-state index contributed by atoms with van der Waals surface area (Å²) < 4.78 is 11.9. The van der Waals surface area contributed by atoms with Crippen LogP contribution in [0.3, 0.4) is 0 Å². The van der Waals surface area contributed by atoms with E-state index in [1.807, 2.05) is 33.0 Å². The zero-order valence-corrected chi connectivity index (χ0v) is 13.6. The van der Waals surface area contributed by atoms with Gasteiger partial charge in [-0.1, -0.05) is 6.07 Å². The summed E-state index contributed by atoms with van der Waals surface area (Å²) in [4.78, 5) is 2.10. The van der Waals surface area contributed by atoms with Crippen molar-refractivity contribution in [3.8, 4) is 5.75 Å². The summed E-state index contributed by atoms with van der Waals surface area (Å²) in [5, 5.41) is 10.0. The van der Waals surface area contributed by atoms with Gasteiger partial charge in [0.05, 0.1) is 4.47 Å². The molecule has 0 fully saturated rings. The molecule has 0 heterocycles. The first-order chi connectivity index (χ1) is 8.31. The molecule has 1 rings (SSSR count). The zero-order chi connectivity index (χ0) is 13.9. The fraction of sp³-hybridized carbons (Fsp3) is 0.538. The number of halogens is 1. The van der Waals surface area contributed by atoms with Crippen molar-refractivity contribution < 1.29 is 9.32 Å². The van der Waals surface area contributed by atoms with Crippen LogP contribution in [0.4, 0.5) is 0 Å². The highest BCUT2D eigenvalue weighted by atomic mass is 79.9. The van der Waals surface area contributed by atoms with Gasteiger partial charge in [0.25, 0.3) is 0 Å². The largest absolute Gasteiger partial charge is 0.506 e. The lowest BCUT2D eigenvalue weighted by molar-refractivity contribution is 0.264. The maximum absolute atomic E-state index is 11.2. The molecule has 0 radical (unpaired) electrons. The first-order valence-electron chi connectivity index (χ1n) is 5.79. The van der Waals surface area contributed by atoms with Gasteiger partial charge in [0.2, 0.25) is 0 Å². The lowest BCUT2D eigenvalue weighted by Crippen LogP contribution is -2.32. The van der Waals surface area contributed by atoms with Crippen molar-refractivity contribution in [2.24, 2.45) is 0 Å². The zero-order valence-electron chi connectivity index (χ0n) is 11.2. The minimum absolute atomic E-state index is 0.217. The molecule has 0 aliphatic heterocycles. The van der Waals surface area contributed by atoms with Crippen LogP contribution >= 0.6 is 15.9 Å². The van der Waals surface area contributed by atoms with Crippen LogP contribution in [-0.2, 0) is 17.3 Å². The molecule has 2 atom stereocenters. The molecule has 1 aromatic carbocycles. The van der Waals surface area contributed by atoms with Crippen LogP contribution in [0.25, 0.3) is 0 Å². The summed E-state index contributed by atoms with van der Waals surface area (Å²) in [5.41, 5.74) is 1.99. The lowest BCUT2D eigenvalue weighted by Gasteiger charge is -2.24. The molecule has 0 amide bonds. The van der Waals surface area contributed by atoms with Gasteiger partial charge in [-0.05, 0) is 48.5 Å². The van der Waals surface area contributed by atoms with E-state index < -0.39 is 10.8 Å². The predicted molar refractivity (Wildman–Crippen MR) is 80.4 cm³/mol. The first-order valence-corrected chi connectivity index (χ1v) is 8.31. The number of aromatic hydroxyl groups is 1. The SMILES string of the molecule is Cc1cc(Br)c(O)c(CN(C)[C@@H](C)C[S@](C)=O)c1. The van der Waals surface area contributed by atoms with Gasteiger partial charge in [-0.25, -0.2) is 0 Å². The Balaban J connectivity index is 2.81. The van der Waals surface area contributed by atoms with E-state index >= 15 is 0 Å². The van der Waals surface area contributed by atoms with Gasteiger partial charge in [-0.2, -0.15) is 0 Å². The second-order valence-electron chi connectivity index (χ2n) is 4.76. The van der Waals surface area contributed by atoms with Crippen molar-refractivity contribution in [3.05, 3.63) is 27.7 Å². The molecule has 1 N–H and O–H groups in total. The molecule has 3 nitrogen and oxygen atoms in total. The van der Waals surface area contributed by atoms with E-state index in [9.17, 15) is 9.32 Å². The molecule has 5 heteroatoms. The standard InChI is InChI=1S/C13H20BrNO2S/c1-9-5-11(13(16)12(14)6-9)7-15(3)10(2)8-18(4)17/h5-6,10,16H,7-8H2,1-4H3/t10-,18-/m0/s1. The Morgan fingerprint density at radius 3 is 2.67 bits per heavy atom. The van der Waals surface area contributed by atoms with Crippen LogP contribution in [0.2, 0.25) is 0 Å². The fourth-order valence-electron chi connectivity index (χ4n) is 1.82. The lowest BCUT2D eigenvalue weighted by atomic mass is 10.1. The Morgan fingerprint density at radius 2 is 2.11 bits per heavy atom. The van der Waals surface area contributed by atoms with E-state index in [1.54, 1.807) is 6.26 Å². The summed E-state index contributed by atoms with van der Waals surface area (Å²) in [5.74, 6) is 0.932. The molecule has 0 bridgehead atoms. The number of phenols is 1. The highest BCUT2D eigenvalue weighted by Gasteiger charge is 2.14. The molecule has 0 aromatic heterocycles. The van der Waals surface area contributed by atoms with Gasteiger partial charge in [0.15, 0.2) is 0 Å². The van der Waals surface area contributed by atoms with E-state index in [4.69, 9.17) is 0 Å². The van der Waals surface area contributed by atoms with Crippen molar-refractivity contribution in [2.75, 3.05) is 19.1 Å². The van der Waals surface area contributed by atoms with Gasteiger partial charge < -0.3 is 5.11 Å². The van der Waals surface area contributed by atoms with E-state index in [-0.39, 0.29) is 11.8 Å². The molecule has 0 aliphatic rings. The highest BCUT2D eigenvalue weighted by molar-refractivity contribution is 9.10. The van der Waals surface area contributed by atoms with E-state index in [0.29, 0.717) is 12.3 Å². The van der Waals surface area contributed by atoms with Crippen molar-refractivity contribution >= 4 is 26.7 Å². The Kier molecular flexibility index (Phi) is 5.82.